The van der Waals surface area contributed by atoms with Crippen molar-refractivity contribution in [3.8, 4) is 66.3 Å². The molecule has 0 radical (unpaired) electrons. The van der Waals surface area contributed by atoms with Gasteiger partial charge in [0.05, 0.1) is 28.7 Å². The number of nitrogens with zero attached hydrogens (tertiary/aromatic N) is 3. The molecule has 10 rings (SSSR count). The van der Waals surface area contributed by atoms with Crippen LogP contribution in [0.1, 0.15) is 0 Å². The zero-order chi connectivity index (χ0) is 30.9. The van der Waals surface area contributed by atoms with Gasteiger partial charge in [0.15, 0.2) is 5.82 Å². The number of aromatic nitrogens is 6. The van der Waals surface area contributed by atoms with Gasteiger partial charge in [-0.25, -0.2) is 5.10 Å². The summed E-state index contributed by atoms with van der Waals surface area (Å²) in [6, 6.07) is 33.2. The van der Waals surface area contributed by atoms with Gasteiger partial charge in [-0.05, 0) is 75.8 Å². The Morgan fingerprint density at radius 2 is 1.60 bits per heavy atom. The van der Waals surface area contributed by atoms with Crippen LogP contribution in [0.2, 0.25) is 0 Å². The quantitative estimate of drug-likeness (QED) is 0.166. The van der Waals surface area contributed by atoms with E-state index in [0.717, 1.165) is 76.6 Å². The van der Waals surface area contributed by atoms with E-state index in [9.17, 15) is 0 Å². The summed E-state index contributed by atoms with van der Waals surface area (Å²) in [5.74, 6) is 1.91. The fourth-order valence-corrected chi connectivity index (χ4v) is 8.57. The van der Waals surface area contributed by atoms with Crippen LogP contribution >= 0.6 is 22.7 Å². The van der Waals surface area contributed by atoms with Crippen LogP contribution in [0.3, 0.4) is 0 Å². The van der Waals surface area contributed by atoms with Crippen molar-refractivity contribution in [2.75, 3.05) is 0 Å². The Bertz CT molecular complexity index is 2610. The van der Waals surface area contributed by atoms with Crippen LogP contribution in [-0.2, 0) is 0 Å². The molecule has 3 aromatic carbocycles. The average molecular weight is 647 g/mol. The molecule has 0 bridgehead atoms. The highest BCUT2D eigenvalue weighted by Crippen LogP contribution is 2.56. The molecule has 7 heterocycles. The van der Waals surface area contributed by atoms with Crippen molar-refractivity contribution < 1.29 is 8.83 Å². The molecular weight excluding hydrogens is 625 g/mol. The average Bonchev–Trinajstić information content (AvgIpc) is 3.96. The first kappa shape index (κ1) is 26.3. The smallest absolute Gasteiger partial charge is 0.182 e. The molecule has 10 heteroatoms. The Hall–Kier alpha value is -5.97. The topological polar surface area (TPSA) is 112 Å². The van der Waals surface area contributed by atoms with E-state index in [0.29, 0.717) is 11.6 Å². The number of tetrazole rings is 1. The highest BCUT2D eigenvalue weighted by Gasteiger charge is 2.33. The second-order valence-corrected chi connectivity index (χ2v) is 13.2. The van der Waals surface area contributed by atoms with Crippen molar-refractivity contribution in [3.63, 3.8) is 0 Å². The number of hydrogen-bond acceptors (Lipinski definition) is 7. The van der Waals surface area contributed by atoms with E-state index in [1.54, 1.807) is 28.9 Å². The number of nitrogens with one attached hydrogen (secondary N) is 3. The van der Waals surface area contributed by atoms with Crippen molar-refractivity contribution >= 4 is 54.6 Å². The molecule has 0 aliphatic rings. The van der Waals surface area contributed by atoms with Crippen LogP contribution in [0.5, 0.6) is 0 Å². The molecule has 0 unspecified atom stereocenters. The Balaban J connectivity index is 1.48. The molecule has 0 aliphatic carbocycles. The lowest BCUT2D eigenvalue weighted by molar-refractivity contribution is 0.582. The normalized spacial score (nSPS) is 11.8. The third kappa shape index (κ3) is 4.02. The van der Waals surface area contributed by atoms with Gasteiger partial charge in [0.2, 0.25) is 0 Å². The first-order valence-corrected chi connectivity index (χ1v) is 16.7. The van der Waals surface area contributed by atoms with Crippen molar-refractivity contribution in [3.05, 3.63) is 115 Å². The van der Waals surface area contributed by atoms with Gasteiger partial charge >= 0.3 is 0 Å². The first-order valence-electron chi connectivity index (χ1n) is 15.0. The molecular formula is C37H22N6O2S2. The van der Waals surface area contributed by atoms with Gasteiger partial charge < -0.3 is 18.8 Å². The SMILES string of the molecule is c1c[nH]c(-c2[nH]c3c(-c4nnn[nH]4)c(-c4ccco4)c(-c4cc5ccccc5o4)c(-c4cccs4)c3c2-c2cc3ccccc3s2)c1. The summed E-state index contributed by atoms with van der Waals surface area (Å²) in [6.45, 7) is 0. The molecule has 0 atom stereocenters. The molecule has 10 aromatic rings. The van der Waals surface area contributed by atoms with E-state index >= 15 is 0 Å². The summed E-state index contributed by atoms with van der Waals surface area (Å²) in [5.41, 5.74) is 8.27. The third-order valence-electron chi connectivity index (χ3n) is 8.58. The number of thiophene rings is 2. The van der Waals surface area contributed by atoms with Crippen LogP contribution in [-0.4, -0.2) is 30.6 Å². The Labute approximate surface area is 274 Å². The van der Waals surface area contributed by atoms with Crippen molar-refractivity contribution in [1.82, 2.24) is 30.6 Å². The molecule has 7 aromatic heterocycles. The standard InChI is InChI=1S/C37H22N6O2S2/c1-3-11-23-20(8-1)18-25(45-23)30-29(24-12-6-16-44-24)34(37-40-42-43-41-37)36-33(31(30)27-14-7-17-46-27)32(35(39-36)22-10-5-15-38-22)28-19-21-9-2-4-13-26(21)47-28/h1-19,38-39H,(H,40,41,42,43). The predicted octanol–water partition coefficient (Wildman–Crippen LogP) is 10.6. The van der Waals surface area contributed by atoms with Gasteiger partial charge in [0, 0.05) is 53.7 Å². The number of benzene rings is 3. The zero-order valence-electron chi connectivity index (χ0n) is 24.4. The summed E-state index contributed by atoms with van der Waals surface area (Å²) in [6.07, 6.45) is 3.64. The number of para-hydroxylation sites is 1. The van der Waals surface area contributed by atoms with Gasteiger partial charge in [-0.2, -0.15) is 0 Å². The fraction of sp³-hybridized carbons (Fsp3) is 0. The van der Waals surface area contributed by atoms with Gasteiger partial charge in [0.25, 0.3) is 0 Å². The molecule has 0 spiro atoms. The summed E-state index contributed by atoms with van der Waals surface area (Å²) in [5, 5.41) is 20.9. The van der Waals surface area contributed by atoms with Crippen LogP contribution in [0.15, 0.2) is 124 Å². The highest BCUT2D eigenvalue weighted by molar-refractivity contribution is 7.22. The van der Waals surface area contributed by atoms with Gasteiger partial charge in [-0.15, -0.1) is 27.8 Å². The largest absolute Gasteiger partial charge is 0.464 e. The molecule has 0 amide bonds. The number of furan rings is 2. The maximum Gasteiger partial charge on any atom is 0.182 e. The minimum absolute atomic E-state index is 0.513. The van der Waals surface area contributed by atoms with E-state index in [4.69, 9.17) is 8.83 Å². The molecule has 0 saturated heterocycles. The number of H-pyrrole nitrogens is 3. The van der Waals surface area contributed by atoms with Crippen LogP contribution in [0.4, 0.5) is 0 Å². The van der Waals surface area contributed by atoms with Crippen LogP contribution in [0, 0.1) is 0 Å². The zero-order valence-corrected chi connectivity index (χ0v) is 26.1. The van der Waals surface area contributed by atoms with E-state index in [1.807, 2.05) is 42.6 Å². The molecule has 224 valence electrons. The fourth-order valence-electron chi connectivity index (χ4n) is 6.66. The maximum atomic E-state index is 6.71. The molecule has 0 fully saturated rings. The van der Waals surface area contributed by atoms with E-state index in [1.165, 1.54) is 10.1 Å². The van der Waals surface area contributed by atoms with E-state index in [2.05, 4.69) is 96.6 Å². The lowest BCUT2D eigenvalue weighted by atomic mass is 9.86. The molecule has 3 N–H and O–H groups in total. The summed E-state index contributed by atoms with van der Waals surface area (Å²) < 4.78 is 14.1. The Morgan fingerprint density at radius 3 is 2.36 bits per heavy atom. The number of aromatic amines is 3. The summed E-state index contributed by atoms with van der Waals surface area (Å²) in [4.78, 5) is 9.57. The minimum Gasteiger partial charge on any atom is -0.464 e. The monoisotopic (exact) mass is 646 g/mol. The second kappa shape index (κ2) is 10.3. The molecule has 0 aliphatic heterocycles. The van der Waals surface area contributed by atoms with Crippen molar-refractivity contribution in [1.29, 1.82) is 0 Å². The molecule has 0 saturated carbocycles. The van der Waals surface area contributed by atoms with E-state index in [-0.39, 0.29) is 0 Å². The Kier molecular flexibility index (Phi) is 5.74. The first-order chi connectivity index (χ1) is 23.3. The number of hydrogen-bond donors (Lipinski definition) is 3. The number of fused-ring (bicyclic) bond motifs is 3. The van der Waals surface area contributed by atoms with Crippen molar-refractivity contribution in [2.45, 2.75) is 0 Å². The summed E-state index contributed by atoms with van der Waals surface area (Å²) >= 11 is 3.47. The van der Waals surface area contributed by atoms with Gasteiger partial charge in [-0.3, -0.25) is 0 Å². The number of rotatable bonds is 6. The lowest BCUT2D eigenvalue weighted by Gasteiger charge is -2.18. The van der Waals surface area contributed by atoms with Crippen LogP contribution in [0.25, 0.3) is 98.3 Å². The Morgan fingerprint density at radius 1 is 0.702 bits per heavy atom. The minimum atomic E-state index is 0.513. The predicted molar refractivity (Wildman–Crippen MR) is 188 cm³/mol. The highest BCUT2D eigenvalue weighted by atomic mass is 32.1. The summed E-state index contributed by atoms with van der Waals surface area (Å²) in [7, 11) is 0. The van der Waals surface area contributed by atoms with Crippen molar-refractivity contribution in [2.24, 2.45) is 0 Å². The second-order valence-electron chi connectivity index (χ2n) is 11.2. The molecule has 8 nitrogen and oxygen atoms in total. The van der Waals surface area contributed by atoms with E-state index < -0.39 is 0 Å². The maximum absolute atomic E-state index is 6.71. The molecule has 47 heavy (non-hydrogen) atoms. The van der Waals surface area contributed by atoms with Gasteiger partial charge in [-0.1, -0.05) is 42.5 Å². The van der Waals surface area contributed by atoms with Gasteiger partial charge in [0.1, 0.15) is 17.1 Å². The van der Waals surface area contributed by atoms with Crippen LogP contribution < -0.4 is 0 Å². The third-order valence-corrected chi connectivity index (χ3v) is 10.6. The lowest BCUT2D eigenvalue weighted by Crippen LogP contribution is -1.96.